The van der Waals surface area contributed by atoms with Crippen molar-refractivity contribution in [3.05, 3.63) is 44.7 Å². The summed E-state index contributed by atoms with van der Waals surface area (Å²) in [6.45, 7) is 1.84. The van der Waals surface area contributed by atoms with Crippen LogP contribution >= 0.6 is 15.9 Å². The standard InChI is InChI=1S/C12H11BrN4O3/c1-7-3-4-8(13)5-9(7)20-12-10(17(18)19)11(14-2)15-6-16-12/h3-6H,1-2H3,(H,14,15,16). The molecule has 1 aromatic carbocycles. The van der Waals surface area contributed by atoms with Crippen LogP contribution in [0.1, 0.15) is 5.56 Å². The van der Waals surface area contributed by atoms with Gasteiger partial charge in [-0.2, -0.15) is 4.98 Å². The first-order chi connectivity index (χ1) is 9.52. The Bertz CT molecular complexity index is 663. The molecule has 7 nitrogen and oxygen atoms in total. The van der Waals surface area contributed by atoms with Crippen LogP contribution in [0.4, 0.5) is 11.5 Å². The summed E-state index contributed by atoms with van der Waals surface area (Å²) >= 11 is 3.33. The lowest BCUT2D eigenvalue weighted by atomic mass is 10.2. The van der Waals surface area contributed by atoms with Crippen molar-refractivity contribution in [1.29, 1.82) is 0 Å². The van der Waals surface area contributed by atoms with E-state index in [1.54, 1.807) is 13.1 Å². The third kappa shape index (κ3) is 2.85. The number of aryl methyl sites for hydroxylation is 1. The maximum absolute atomic E-state index is 11.1. The van der Waals surface area contributed by atoms with Crippen LogP contribution in [-0.2, 0) is 0 Å². The number of halogens is 1. The Hall–Kier alpha value is -2.22. The molecule has 0 aliphatic heterocycles. The van der Waals surface area contributed by atoms with Gasteiger partial charge in [0, 0.05) is 11.5 Å². The summed E-state index contributed by atoms with van der Waals surface area (Å²) in [5.74, 6) is 0.492. The minimum atomic E-state index is -0.575. The van der Waals surface area contributed by atoms with Gasteiger partial charge >= 0.3 is 11.6 Å². The van der Waals surface area contributed by atoms with Crippen LogP contribution in [0.5, 0.6) is 11.6 Å². The number of aromatic nitrogens is 2. The maximum Gasteiger partial charge on any atom is 0.373 e. The van der Waals surface area contributed by atoms with Gasteiger partial charge in [-0.1, -0.05) is 22.0 Å². The van der Waals surface area contributed by atoms with Crippen LogP contribution in [0.25, 0.3) is 0 Å². The number of nitrogens with zero attached hydrogens (tertiary/aromatic N) is 3. The SMILES string of the molecule is CNc1ncnc(Oc2cc(Br)ccc2C)c1[N+](=O)[O-]. The number of anilines is 1. The van der Waals surface area contributed by atoms with Gasteiger partial charge < -0.3 is 10.1 Å². The molecule has 0 saturated carbocycles. The monoisotopic (exact) mass is 338 g/mol. The molecule has 0 fully saturated rings. The topological polar surface area (TPSA) is 90.2 Å². The van der Waals surface area contributed by atoms with Crippen LogP contribution in [0.2, 0.25) is 0 Å². The minimum Gasteiger partial charge on any atom is -0.433 e. The van der Waals surface area contributed by atoms with Crippen molar-refractivity contribution in [3.8, 4) is 11.6 Å². The van der Waals surface area contributed by atoms with E-state index in [4.69, 9.17) is 4.74 Å². The van der Waals surface area contributed by atoms with Crippen molar-refractivity contribution >= 4 is 27.4 Å². The van der Waals surface area contributed by atoms with Crippen molar-refractivity contribution in [2.45, 2.75) is 6.92 Å². The number of hydrogen-bond donors (Lipinski definition) is 1. The van der Waals surface area contributed by atoms with E-state index in [0.29, 0.717) is 5.75 Å². The molecule has 0 atom stereocenters. The van der Waals surface area contributed by atoms with Gasteiger partial charge in [0.15, 0.2) is 0 Å². The molecule has 2 aromatic rings. The van der Waals surface area contributed by atoms with E-state index in [2.05, 4.69) is 31.2 Å². The van der Waals surface area contributed by atoms with Crippen LogP contribution in [-0.4, -0.2) is 21.9 Å². The average molecular weight is 339 g/mol. The molecule has 20 heavy (non-hydrogen) atoms. The molecule has 0 aliphatic carbocycles. The third-order valence-electron chi connectivity index (χ3n) is 2.56. The molecule has 0 amide bonds. The first-order valence-electron chi connectivity index (χ1n) is 5.64. The zero-order chi connectivity index (χ0) is 14.7. The molecule has 0 aliphatic rings. The van der Waals surface area contributed by atoms with E-state index in [1.165, 1.54) is 6.33 Å². The molecule has 0 saturated heterocycles. The van der Waals surface area contributed by atoms with E-state index in [9.17, 15) is 10.1 Å². The fourth-order valence-corrected chi connectivity index (χ4v) is 1.91. The van der Waals surface area contributed by atoms with Gasteiger partial charge in [-0.05, 0) is 24.6 Å². The number of nitrogens with one attached hydrogen (secondary N) is 1. The normalized spacial score (nSPS) is 10.2. The summed E-state index contributed by atoms with van der Waals surface area (Å²) in [5.41, 5.74) is 0.543. The molecular formula is C12H11BrN4O3. The summed E-state index contributed by atoms with van der Waals surface area (Å²) in [6, 6.07) is 5.42. The quantitative estimate of drug-likeness (QED) is 0.679. The Morgan fingerprint density at radius 3 is 2.80 bits per heavy atom. The molecule has 8 heteroatoms. The molecule has 1 N–H and O–H groups in total. The number of ether oxygens (including phenoxy) is 1. The van der Waals surface area contributed by atoms with E-state index in [1.807, 2.05) is 19.1 Å². The molecule has 104 valence electrons. The Kier molecular flexibility index (Phi) is 4.14. The summed E-state index contributed by atoms with van der Waals surface area (Å²) in [4.78, 5) is 18.2. The fraction of sp³-hybridized carbons (Fsp3) is 0.167. The van der Waals surface area contributed by atoms with E-state index >= 15 is 0 Å². The molecule has 0 unspecified atom stereocenters. The Morgan fingerprint density at radius 1 is 1.40 bits per heavy atom. The van der Waals surface area contributed by atoms with Gasteiger partial charge in [0.25, 0.3) is 0 Å². The second-order valence-corrected chi connectivity index (χ2v) is 4.81. The van der Waals surface area contributed by atoms with Gasteiger partial charge in [0.1, 0.15) is 12.1 Å². The predicted octanol–water partition coefficient (Wildman–Crippen LogP) is 3.29. The van der Waals surface area contributed by atoms with E-state index < -0.39 is 4.92 Å². The zero-order valence-electron chi connectivity index (χ0n) is 10.8. The van der Waals surface area contributed by atoms with Crippen LogP contribution < -0.4 is 10.1 Å². The lowest BCUT2D eigenvalue weighted by molar-refractivity contribution is -0.385. The Morgan fingerprint density at radius 2 is 2.15 bits per heavy atom. The highest BCUT2D eigenvalue weighted by atomic mass is 79.9. The third-order valence-corrected chi connectivity index (χ3v) is 3.06. The van der Waals surface area contributed by atoms with E-state index in [0.717, 1.165) is 10.0 Å². The highest BCUT2D eigenvalue weighted by Gasteiger charge is 2.24. The van der Waals surface area contributed by atoms with Crippen molar-refractivity contribution < 1.29 is 9.66 Å². The first kappa shape index (κ1) is 14.2. The molecule has 1 aromatic heterocycles. The maximum atomic E-state index is 11.1. The summed E-state index contributed by atoms with van der Waals surface area (Å²) in [6.07, 6.45) is 1.21. The molecule has 1 heterocycles. The Balaban J connectivity index is 2.48. The van der Waals surface area contributed by atoms with Crippen LogP contribution in [0.3, 0.4) is 0 Å². The number of rotatable bonds is 4. The van der Waals surface area contributed by atoms with Crippen LogP contribution in [0, 0.1) is 17.0 Å². The van der Waals surface area contributed by atoms with Crippen LogP contribution in [0.15, 0.2) is 29.0 Å². The highest BCUT2D eigenvalue weighted by Crippen LogP contribution is 2.35. The number of hydrogen-bond acceptors (Lipinski definition) is 6. The largest absolute Gasteiger partial charge is 0.433 e. The van der Waals surface area contributed by atoms with Crippen molar-refractivity contribution in [3.63, 3.8) is 0 Å². The number of nitro groups is 1. The van der Waals surface area contributed by atoms with Crippen molar-refractivity contribution in [2.75, 3.05) is 12.4 Å². The first-order valence-corrected chi connectivity index (χ1v) is 6.43. The summed E-state index contributed by atoms with van der Waals surface area (Å²) < 4.78 is 6.37. The van der Waals surface area contributed by atoms with Crippen molar-refractivity contribution in [2.24, 2.45) is 0 Å². The van der Waals surface area contributed by atoms with E-state index in [-0.39, 0.29) is 17.4 Å². The lowest BCUT2D eigenvalue weighted by Gasteiger charge is -2.09. The highest BCUT2D eigenvalue weighted by molar-refractivity contribution is 9.10. The predicted molar refractivity (Wildman–Crippen MR) is 77.2 cm³/mol. The minimum absolute atomic E-state index is 0.101. The van der Waals surface area contributed by atoms with Gasteiger partial charge in [0.05, 0.1) is 4.92 Å². The average Bonchev–Trinajstić information content (AvgIpc) is 2.42. The van der Waals surface area contributed by atoms with Gasteiger partial charge in [-0.15, -0.1) is 0 Å². The molecule has 2 rings (SSSR count). The second-order valence-electron chi connectivity index (χ2n) is 3.90. The van der Waals surface area contributed by atoms with Gasteiger partial charge in [0.2, 0.25) is 5.82 Å². The van der Waals surface area contributed by atoms with Crippen molar-refractivity contribution in [1.82, 2.24) is 9.97 Å². The second kappa shape index (κ2) is 5.83. The van der Waals surface area contributed by atoms with Gasteiger partial charge in [-0.25, -0.2) is 4.98 Å². The summed E-state index contributed by atoms with van der Waals surface area (Å²) in [7, 11) is 1.55. The smallest absolute Gasteiger partial charge is 0.373 e. The molecule has 0 radical (unpaired) electrons. The number of benzene rings is 1. The molecule has 0 bridgehead atoms. The molecular weight excluding hydrogens is 328 g/mol. The Labute approximate surface area is 123 Å². The lowest BCUT2D eigenvalue weighted by Crippen LogP contribution is -2.03. The van der Waals surface area contributed by atoms with Gasteiger partial charge in [-0.3, -0.25) is 10.1 Å². The summed E-state index contributed by atoms with van der Waals surface area (Å²) in [5, 5.41) is 13.8. The fourth-order valence-electron chi connectivity index (χ4n) is 1.57. The molecule has 0 spiro atoms. The zero-order valence-corrected chi connectivity index (χ0v) is 12.3.